The first-order valence-electron chi connectivity index (χ1n) is 10.7. The summed E-state index contributed by atoms with van der Waals surface area (Å²) in [5.41, 5.74) is 11.8. The van der Waals surface area contributed by atoms with E-state index >= 15 is 0 Å². The van der Waals surface area contributed by atoms with E-state index in [4.69, 9.17) is 15.2 Å². The number of hydrogen-bond acceptors (Lipinski definition) is 5. The summed E-state index contributed by atoms with van der Waals surface area (Å²) in [6.45, 7) is 6.25. The summed E-state index contributed by atoms with van der Waals surface area (Å²) >= 11 is 0. The lowest BCUT2D eigenvalue weighted by molar-refractivity contribution is 0.0473. The fourth-order valence-corrected chi connectivity index (χ4v) is 4.38. The summed E-state index contributed by atoms with van der Waals surface area (Å²) in [6.07, 6.45) is 2.14. The second kappa shape index (κ2) is 8.62. The highest BCUT2D eigenvalue weighted by atomic mass is 19.1. The number of halogens is 1. The van der Waals surface area contributed by atoms with Crippen molar-refractivity contribution in [1.29, 1.82) is 0 Å². The molecule has 3 aromatic carbocycles. The number of carbonyl (C=O) groups is 1. The van der Waals surface area contributed by atoms with Crippen LogP contribution in [0, 0.1) is 5.82 Å². The molecule has 5 nitrogen and oxygen atoms in total. The monoisotopic (exact) mass is 446 g/mol. The Labute approximate surface area is 193 Å². The molecule has 0 fully saturated rings. The van der Waals surface area contributed by atoms with E-state index in [1.165, 1.54) is 19.2 Å². The number of esters is 1. The van der Waals surface area contributed by atoms with Gasteiger partial charge in [-0.3, -0.25) is 0 Å². The van der Waals surface area contributed by atoms with Gasteiger partial charge < -0.3 is 20.5 Å². The molecule has 3 N–H and O–H groups in total. The molecule has 0 saturated heterocycles. The van der Waals surface area contributed by atoms with Gasteiger partial charge in [-0.05, 0) is 68.3 Å². The van der Waals surface area contributed by atoms with E-state index in [-0.39, 0.29) is 18.0 Å². The van der Waals surface area contributed by atoms with E-state index in [9.17, 15) is 9.18 Å². The van der Waals surface area contributed by atoms with Crippen LogP contribution in [0.5, 0.6) is 5.75 Å². The molecule has 33 heavy (non-hydrogen) atoms. The largest absolute Gasteiger partial charge is 0.496 e. The highest BCUT2D eigenvalue weighted by molar-refractivity contribution is 5.91. The number of nitrogens with two attached hydrogens (primary N) is 1. The molecule has 1 aliphatic rings. The number of allylic oxidation sites excluding steroid dienone is 1. The van der Waals surface area contributed by atoms with Crippen molar-refractivity contribution in [3.05, 3.63) is 83.2 Å². The average Bonchev–Trinajstić information content (AvgIpc) is 2.76. The van der Waals surface area contributed by atoms with Gasteiger partial charge in [-0.2, -0.15) is 0 Å². The second-order valence-electron chi connectivity index (χ2n) is 8.73. The fourth-order valence-electron chi connectivity index (χ4n) is 4.38. The molecule has 0 unspecified atom stereocenters. The van der Waals surface area contributed by atoms with E-state index in [2.05, 4.69) is 25.2 Å². The molecule has 0 spiro atoms. The van der Waals surface area contributed by atoms with Crippen molar-refractivity contribution < 1.29 is 18.7 Å². The Morgan fingerprint density at radius 1 is 1.09 bits per heavy atom. The third-order valence-electron chi connectivity index (χ3n) is 5.67. The lowest BCUT2D eigenvalue weighted by Crippen LogP contribution is -2.32. The molecule has 0 aromatic heterocycles. The molecule has 1 heterocycles. The van der Waals surface area contributed by atoms with Crippen LogP contribution in [0.2, 0.25) is 0 Å². The number of nitrogens with one attached hydrogen (secondary N) is 1. The van der Waals surface area contributed by atoms with Gasteiger partial charge in [-0.1, -0.05) is 18.2 Å². The average molecular weight is 447 g/mol. The van der Waals surface area contributed by atoms with Crippen LogP contribution in [0.1, 0.15) is 42.3 Å². The van der Waals surface area contributed by atoms with Gasteiger partial charge in [0.1, 0.15) is 18.2 Å². The first kappa shape index (κ1) is 22.4. The molecule has 3 aromatic rings. The number of nitrogen functional groups attached to an aromatic ring is 1. The Bertz CT molecular complexity index is 1260. The van der Waals surface area contributed by atoms with Gasteiger partial charge in [-0.25, -0.2) is 9.18 Å². The van der Waals surface area contributed by atoms with Crippen LogP contribution in [-0.2, 0) is 11.3 Å². The molecule has 0 saturated carbocycles. The summed E-state index contributed by atoms with van der Waals surface area (Å²) in [6, 6.07) is 15.0. The lowest BCUT2D eigenvalue weighted by atomic mass is 9.85. The molecule has 4 rings (SSSR count). The van der Waals surface area contributed by atoms with Crippen molar-refractivity contribution in [2.45, 2.75) is 32.9 Å². The number of ether oxygens (including phenoxy) is 2. The van der Waals surface area contributed by atoms with Crippen molar-refractivity contribution in [3.63, 3.8) is 0 Å². The van der Waals surface area contributed by atoms with Crippen LogP contribution in [0.4, 0.5) is 15.8 Å². The predicted molar refractivity (Wildman–Crippen MR) is 130 cm³/mol. The molecule has 170 valence electrons. The summed E-state index contributed by atoms with van der Waals surface area (Å²) in [4.78, 5) is 12.8. The first-order valence-corrected chi connectivity index (χ1v) is 10.7. The normalized spacial score (nSPS) is 14.0. The molecular formula is C27H27FN2O3. The smallest absolute Gasteiger partial charge is 0.338 e. The minimum absolute atomic E-state index is 0.0277. The lowest BCUT2D eigenvalue weighted by Gasteiger charge is -2.33. The van der Waals surface area contributed by atoms with Gasteiger partial charge in [0.25, 0.3) is 0 Å². The third kappa shape index (κ3) is 4.55. The predicted octanol–water partition coefficient (Wildman–Crippen LogP) is 6.05. The van der Waals surface area contributed by atoms with E-state index in [1.54, 1.807) is 30.3 Å². The number of methoxy groups -OCH3 is 1. The Morgan fingerprint density at radius 2 is 1.85 bits per heavy atom. The van der Waals surface area contributed by atoms with Crippen LogP contribution in [0.3, 0.4) is 0 Å². The van der Waals surface area contributed by atoms with Crippen LogP contribution >= 0.6 is 0 Å². The Balaban J connectivity index is 1.82. The maximum Gasteiger partial charge on any atom is 0.338 e. The van der Waals surface area contributed by atoms with Crippen LogP contribution in [0.15, 0.2) is 60.7 Å². The molecular weight excluding hydrogens is 419 g/mol. The van der Waals surface area contributed by atoms with Crippen molar-refractivity contribution in [3.8, 4) is 16.9 Å². The second-order valence-corrected chi connectivity index (χ2v) is 8.73. The van der Waals surface area contributed by atoms with Crippen LogP contribution in [0.25, 0.3) is 16.7 Å². The zero-order chi connectivity index (χ0) is 23.8. The van der Waals surface area contributed by atoms with Gasteiger partial charge in [0.15, 0.2) is 0 Å². The van der Waals surface area contributed by atoms with E-state index in [0.29, 0.717) is 22.6 Å². The van der Waals surface area contributed by atoms with Gasteiger partial charge in [0.2, 0.25) is 0 Å². The summed E-state index contributed by atoms with van der Waals surface area (Å²) in [7, 11) is 1.51. The molecule has 0 aliphatic carbocycles. The third-order valence-corrected chi connectivity index (χ3v) is 5.67. The maximum absolute atomic E-state index is 13.9. The number of benzene rings is 3. The number of fused-ring (bicyclic) bond motifs is 1. The topological polar surface area (TPSA) is 73.6 Å². The molecule has 0 radical (unpaired) electrons. The maximum atomic E-state index is 13.9. The fraction of sp³-hybridized carbons (Fsp3) is 0.222. The minimum Gasteiger partial charge on any atom is -0.496 e. The summed E-state index contributed by atoms with van der Waals surface area (Å²) < 4.78 is 25.1. The highest BCUT2D eigenvalue weighted by Crippen LogP contribution is 2.42. The molecule has 0 bridgehead atoms. The Hall–Kier alpha value is -3.80. The van der Waals surface area contributed by atoms with E-state index < -0.39 is 5.97 Å². The van der Waals surface area contributed by atoms with Gasteiger partial charge in [0, 0.05) is 34.1 Å². The molecule has 6 heteroatoms. The Kier molecular flexibility index (Phi) is 5.85. The number of carbonyl (C=O) groups excluding carboxylic acids is 1. The van der Waals surface area contributed by atoms with Crippen molar-refractivity contribution in [2.24, 2.45) is 0 Å². The van der Waals surface area contributed by atoms with E-state index in [0.717, 1.165) is 28.0 Å². The number of anilines is 2. The zero-order valence-corrected chi connectivity index (χ0v) is 19.2. The number of hydrogen-bond donors (Lipinski definition) is 2. The van der Waals surface area contributed by atoms with Crippen LogP contribution in [-0.4, -0.2) is 18.6 Å². The van der Waals surface area contributed by atoms with Gasteiger partial charge >= 0.3 is 5.97 Å². The van der Waals surface area contributed by atoms with Gasteiger partial charge in [-0.15, -0.1) is 0 Å². The zero-order valence-electron chi connectivity index (χ0n) is 19.2. The SMILES string of the molecule is COc1cc(F)ccc1-c1ccc2c(c1COC(=O)c1cccc(N)c1)C(C)=CC(C)(C)N2. The molecule has 0 amide bonds. The summed E-state index contributed by atoms with van der Waals surface area (Å²) in [5, 5.41) is 3.53. The van der Waals surface area contributed by atoms with Crippen molar-refractivity contribution >= 4 is 22.9 Å². The quantitative estimate of drug-likeness (QED) is 0.369. The van der Waals surface area contributed by atoms with Crippen molar-refractivity contribution in [2.75, 3.05) is 18.2 Å². The summed E-state index contributed by atoms with van der Waals surface area (Å²) in [5.74, 6) is -0.450. The minimum atomic E-state index is -0.470. The highest BCUT2D eigenvalue weighted by Gasteiger charge is 2.27. The Morgan fingerprint density at radius 3 is 2.58 bits per heavy atom. The van der Waals surface area contributed by atoms with Crippen molar-refractivity contribution in [1.82, 2.24) is 0 Å². The standard InChI is InChI=1S/C27H27FN2O3/c1-16-14-27(2,3)30-23-11-10-20(21-9-8-18(28)13-24(21)32-4)22(25(16)23)15-33-26(31)17-6-5-7-19(29)12-17/h5-14,30H,15,29H2,1-4H3. The van der Waals surface area contributed by atoms with E-state index in [1.807, 2.05) is 19.1 Å². The van der Waals surface area contributed by atoms with Crippen LogP contribution < -0.4 is 15.8 Å². The molecule has 0 atom stereocenters. The first-order chi connectivity index (χ1) is 15.7. The van der Waals surface area contributed by atoms with Gasteiger partial charge in [0.05, 0.1) is 18.2 Å². The number of rotatable bonds is 5. The molecule has 1 aliphatic heterocycles.